The molecule has 2 atom stereocenters. The van der Waals surface area contributed by atoms with Gasteiger partial charge in [-0.15, -0.1) is 0 Å². The molecule has 2 amide bonds. The zero-order chi connectivity index (χ0) is 20.5. The van der Waals surface area contributed by atoms with E-state index in [1.807, 2.05) is 42.5 Å². The molecule has 150 valence electrons. The minimum Gasteiger partial charge on any atom is -0.497 e. The van der Waals surface area contributed by atoms with Crippen LogP contribution in [-0.4, -0.2) is 36.9 Å². The Labute approximate surface area is 171 Å². The van der Waals surface area contributed by atoms with Gasteiger partial charge < -0.3 is 9.64 Å². The Hall–Kier alpha value is -3.08. The topological polar surface area (TPSA) is 49.9 Å². The van der Waals surface area contributed by atoms with E-state index in [0.717, 1.165) is 25.1 Å². The molecule has 0 bridgehead atoms. The lowest BCUT2D eigenvalue weighted by molar-refractivity contribution is -0.120. The van der Waals surface area contributed by atoms with Gasteiger partial charge in [-0.25, -0.2) is 4.90 Å². The standard InChI is InChI=1S/C24H26N2O3/c1-16-13-17(2)15-25(14-16)22-21(18-9-11-20(29-3)12-10-18)23(27)26(24(22)28)19-7-5-4-6-8-19/h4-12,16-17H,13-15H2,1-3H3. The van der Waals surface area contributed by atoms with E-state index in [0.29, 0.717) is 34.5 Å². The predicted molar refractivity (Wildman–Crippen MR) is 113 cm³/mol. The normalized spacial score (nSPS) is 22.4. The summed E-state index contributed by atoms with van der Waals surface area (Å²) in [6.45, 7) is 5.96. The molecule has 2 heterocycles. The van der Waals surface area contributed by atoms with Gasteiger partial charge in [-0.1, -0.05) is 44.2 Å². The van der Waals surface area contributed by atoms with E-state index in [9.17, 15) is 9.59 Å². The summed E-state index contributed by atoms with van der Waals surface area (Å²) in [5, 5.41) is 0. The van der Waals surface area contributed by atoms with Gasteiger partial charge in [0.25, 0.3) is 11.8 Å². The second kappa shape index (κ2) is 7.74. The summed E-state index contributed by atoms with van der Waals surface area (Å²) in [5.41, 5.74) is 2.33. The van der Waals surface area contributed by atoms with Gasteiger partial charge in [0.15, 0.2) is 0 Å². The molecule has 2 unspecified atom stereocenters. The van der Waals surface area contributed by atoms with Crippen molar-refractivity contribution in [3.05, 3.63) is 65.9 Å². The number of carbonyl (C=O) groups is 2. The SMILES string of the molecule is COc1ccc(C2=C(N3CC(C)CC(C)C3)C(=O)N(c3ccccc3)C2=O)cc1. The van der Waals surface area contributed by atoms with Gasteiger partial charge in [0, 0.05) is 13.1 Å². The van der Waals surface area contributed by atoms with Gasteiger partial charge in [-0.2, -0.15) is 0 Å². The minimum absolute atomic E-state index is 0.242. The van der Waals surface area contributed by atoms with Crippen molar-refractivity contribution >= 4 is 23.1 Å². The maximum atomic E-state index is 13.5. The summed E-state index contributed by atoms with van der Waals surface area (Å²) >= 11 is 0. The van der Waals surface area contributed by atoms with Crippen LogP contribution in [0.15, 0.2) is 60.3 Å². The number of nitrogens with zero attached hydrogens (tertiary/aromatic N) is 2. The van der Waals surface area contributed by atoms with Crippen LogP contribution in [0.5, 0.6) is 5.75 Å². The van der Waals surface area contributed by atoms with Crippen LogP contribution in [0.2, 0.25) is 0 Å². The second-order valence-electron chi connectivity index (χ2n) is 8.08. The Kier molecular flexibility index (Phi) is 5.14. The number of anilines is 1. The van der Waals surface area contributed by atoms with Crippen molar-refractivity contribution in [2.24, 2.45) is 11.8 Å². The fourth-order valence-electron chi connectivity index (χ4n) is 4.49. The van der Waals surface area contributed by atoms with Crippen molar-refractivity contribution in [1.29, 1.82) is 0 Å². The van der Waals surface area contributed by atoms with Crippen LogP contribution in [0.3, 0.4) is 0 Å². The number of hydrogen-bond donors (Lipinski definition) is 0. The minimum atomic E-state index is -0.271. The highest BCUT2D eigenvalue weighted by Gasteiger charge is 2.43. The molecule has 0 radical (unpaired) electrons. The monoisotopic (exact) mass is 390 g/mol. The van der Waals surface area contributed by atoms with Gasteiger partial charge in [0.1, 0.15) is 11.4 Å². The molecule has 0 aliphatic carbocycles. The van der Waals surface area contributed by atoms with Gasteiger partial charge in [-0.05, 0) is 48.1 Å². The van der Waals surface area contributed by atoms with Crippen molar-refractivity contribution in [3.63, 3.8) is 0 Å². The summed E-state index contributed by atoms with van der Waals surface area (Å²) < 4.78 is 5.25. The molecule has 2 aliphatic rings. The molecule has 2 aromatic rings. The summed E-state index contributed by atoms with van der Waals surface area (Å²) in [7, 11) is 1.61. The summed E-state index contributed by atoms with van der Waals surface area (Å²) in [6.07, 6.45) is 1.13. The highest BCUT2D eigenvalue weighted by molar-refractivity contribution is 6.45. The van der Waals surface area contributed by atoms with Crippen LogP contribution in [0, 0.1) is 11.8 Å². The molecule has 4 rings (SSSR count). The first-order chi connectivity index (χ1) is 14.0. The maximum absolute atomic E-state index is 13.5. The number of piperidine rings is 1. The van der Waals surface area contributed by atoms with Gasteiger partial charge in [0.05, 0.1) is 18.4 Å². The second-order valence-corrected chi connectivity index (χ2v) is 8.08. The van der Waals surface area contributed by atoms with Crippen molar-refractivity contribution in [2.75, 3.05) is 25.1 Å². The van der Waals surface area contributed by atoms with Crippen molar-refractivity contribution in [1.82, 2.24) is 4.90 Å². The number of methoxy groups -OCH3 is 1. The molecule has 0 spiro atoms. The average molecular weight is 390 g/mol. The number of rotatable bonds is 4. The van der Waals surface area contributed by atoms with Gasteiger partial charge in [0.2, 0.25) is 0 Å². The number of likely N-dealkylation sites (tertiary alicyclic amines) is 1. The lowest BCUT2D eigenvalue weighted by Crippen LogP contribution is -2.41. The van der Waals surface area contributed by atoms with Crippen LogP contribution >= 0.6 is 0 Å². The van der Waals surface area contributed by atoms with Crippen LogP contribution < -0.4 is 9.64 Å². The van der Waals surface area contributed by atoms with Gasteiger partial charge >= 0.3 is 0 Å². The molecule has 1 saturated heterocycles. The van der Waals surface area contributed by atoms with E-state index < -0.39 is 0 Å². The Morgan fingerprint density at radius 3 is 2.07 bits per heavy atom. The summed E-state index contributed by atoms with van der Waals surface area (Å²) in [4.78, 5) is 30.4. The van der Waals surface area contributed by atoms with E-state index >= 15 is 0 Å². The number of benzene rings is 2. The fourth-order valence-corrected chi connectivity index (χ4v) is 4.49. The molecular formula is C24H26N2O3. The molecular weight excluding hydrogens is 364 g/mol. The third-order valence-electron chi connectivity index (χ3n) is 5.64. The Morgan fingerprint density at radius 2 is 1.48 bits per heavy atom. The van der Waals surface area contributed by atoms with Crippen molar-refractivity contribution in [3.8, 4) is 5.75 Å². The lowest BCUT2D eigenvalue weighted by Gasteiger charge is -2.37. The number of imide groups is 1. The molecule has 5 nitrogen and oxygen atoms in total. The van der Waals surface area contributed by atoms with Crippen LogP contribution in [0.1, 0.15) is 25.8 Å². The third-order valence-corrected chi connectivity index (χ3v) is 5.64. The summed E-state index contributed by atoms with van der Waals surface area (Å²) in [5.74, 6) is 1.14. The Morgan fingerprint density at radius 1 is 0.862 bits per heavy atom. The van der Waals surface area contributed by atoms with E-state index in [4.69, 9.17) is 4.74 Å². The fraction of sp³-hybridized carbons (Fsp3) is 0.333. The van der Waals surface area contributed by atoms with E-state index in [-0.39, 0.29) is 11.8 Å². The number of ether oxygens (including phenoxy) is 1. The van der Waals surface area contributed by atoms with Crippen molar-refractivity contribution < 1.29 is 14.3 Å². The molecule has 1 fully saturated rings. The smallest absolute Gasteiger partial charge is 0.282 e. The molecule has 0 aromatic heterocycles. The Bertz CT molecular complexity index is 940. The predicted octanol–water partition coefficient (Wildman–Crippen LogP) is 3.96. The highest BCUT2D eigenvalue weighted by Crippen LogP contribution is 2.37. The average Bonchev–Trinajstić information content (AvgIpc) is 2.98. The van der Waals surface area contributed by atoms with Crippen molar-refractivity contribution in [2.45, 2.75) is 20.3 Å². The van der Waals surface area contributed by atoms with Gasteiger partial charge in [-0.3, -0.25) is 9.59 Å². The molecule has 2 aliphatic heterocycles. The number of hydrogen-bond acceptors (Lipinski definition) is 4. The molecule has 5 heteroatoms. The third kappa shape index (κ3) is 3.53. The molecule has 29 heavy (non-hydrogen) atoms. The molecule has 2 aromatic carbocycles. The zero-order valence-corrected chi connectivity index (χ0v) is 17.1. The molecule has 0 saturated carbocycles. The first kappa shape index (κ1) is 19.2. The number of amides is 2. The molecule has 0 N–H and O–H groups in total. The largest absolute Gasteiger partial charge is 0.497 e. The lowest BCUT2D eigenvalue weighted by atomic mass is 9.91. The number of para-hydroxylation sites is 1. The Balaban J connectivity index is 1.82. The van der Waals surface area contributed by atoms with Crippen LogP contribution in [-0.2, 0) is 9.59 Å². The highest BCUT2D eigenvalue weighted by atomic mass is 16.5. The maximum Gasteiger partial charge on any atom is 0.282 e. The van der Waals surface area contributed by atoms with Crippen LogP contribution in [0.4, 0.5) is 5.69 Å². The van der Waals surface area contributed by atoms with E-state index in [1.54, 1.807) is 19.2 Å². The van der Waals surface area contributed by atoms with E-state index in [2.05, 4.69) is 18.7 Å². The summed E-state index contributed by atoms with van der Waals surface area (Å²) in [6, 6.07) is 16.5. The first-order valence-corrected chi connectivity index (χ1v) is 10.1. The number of carbonyl (C=O) groups excluding carboxylic acids is 2. The first-order valence-electron chi connectivity index (χ1n) is 10.1. The zero-order valence-electron chi connectivity index (χ0n) is 17.1. The quantitative estimate of drug-likeness (QED) is 0.742. The van der Waals surface area contributed by atoms with E-state index in [1.165, 1.54) is 4.90 Å². The van der Waals surface area contributed by atoms with Crippen LogP contribution in [0.25, 0.3) is 5.57 Å².